The van der Waals surface area contributed by atoms with E-state index < -0.39 is 0 Å². The second-order valence-corrected chi connectivity index (χ2v) is 12.9. The van der Waals surface area contributed by atoms with Gasteiger partial charge in [0, 0.05) is 47.8 Å². The highest BCUT2D eigenvalue weighted by Gasteiger charge is 2.22. The first-order chi connectivity index (χ1) is 23.8. The van der Waals surface area contributed by atoms with Crippen LogP contribution in [0, 0.1) is 0 Å². The van der Waals surface area contributed by atoms with Gasteiger partial charge in [-0.3, -0.25) is 0 Å². The third-order valence-electron chi connectivity index (χ3n) is 8.93. The summed E-state index contributed by atoms with van der Waals surface area (Å²) < 4.78 is 9.07. The molecule has 10 rings (SSSR count). The van der Waals surface area contributed by atoms with Crippen LogP contribution in [0.5, 0.6) is 0 Å². The molecule has 0 saturated carbocycles. The maximum atomic E-state index is 6.62. The minimum absolute atomic E-state index is 0.548. The molecule has 0 unspecified atom stereocenters. The lowest BCUT2D eigenvalue weighted by Crippen LogP contribution is -2.01. The highest BCUT2D eigenvalue weighted by Crippen LogP contribution is 2.43. The predicted molar refractivity (Wildman–Crippen MR) is 197 cm³/mol. The van der Waals surface area contributed by atoms with E-state index in [9.17, 15) is 0 Å². The maximum Gasteiger partial charge on any atom is 0.228 e. The van der Waals surface area contributed by atoms with Crippen molar-refractivity contribution in [2.24, 2.45) is 0 Å². The molecule has 0 aliphatic carbocycles. The number of furan rings is 1. The molecule has 224 valence electrons. The van der Waals surface area contributed by atoms with Crippen LogP contribution in [0.15, 0.2) is 150 Å². The van der Waals surface area contributed by atoms with E-state index in [1.54, 1.807) is 11.3 Å². The molecule has 0 spiro atoms. The lowest BCUT2D eigenvalue weighted by molar-refractivity contribution is 0.655. The minimum atomic E-state index is 0.548. The Bertz CT molecular complexity index is 2780. The number of fused-ring (bicyclic) bond motifs is 7. The lowest BCUT2D eigenvalue weighted by Gasteiger charge is -2.11. The van der Waals surface area contributed by atoms with Crippen LogP contribution in [-0.2, 0) is 0 Å². The first kappa shape index (κ1) is 26.9. The summed E-state index contributed by atoms with van der Waals surface area (Å²) in [6.45, 7) is 0. The van der Waals surface area contributed by atoms with Crippen LogP contribution in [0.25, 0.3) is 98.4 Å². The summed E-state index contributed by atoms with van der Waals surface area (Å²) in [5.41, 5.74) is 5.85. The van der Waals surface area contributed by atoms with Crippen molar-refractivity contribution in [3.05, 3.63) is 146 Å². The standard InChI is InChI=1S/C42H24N4OS/c1-3-12-25(13-4-1)39-44-40(26-14-5-2-6-15-26)46-41(45-39)32-24-33(29-19-11-21-36-37(29)30-18-9-10-20-35(30)48-36)43-42-38(32)31-22-27-16-7-8-17-28(27)23-34(31)47-42/h1-24H. The molecule has 0 aliphatic rings. The second kappa shape index (κ2) is 10.7. The number of hydrogen-bond acceptors (Lipinski definition) is 6. The van der Waals surface area contributed by atoms with Gasteiger partial charge < -0.3 is 4.42 Å². The zero-order chi connectivity index (χ0) is 31.6. The summed E-state index contributed by atoms with van der Waals surface area (Å²) >= 11 is 1.79. The van der Waals surface area contributed by atoms with Crippen molar-refractivity contribution in [3.63, 3.8) is 0 Å². The van der Waals surface area contributed by atoms with Gasteiger partial charge in [-0.15, -0.1) is 11.3 Å². The molecule has 4 heterocycles. The van der Waals surface area contributed by atoms with Crippen molar-refractivity contribution in [2.45, 2.75) is 0 Å². The summed E-state index contributed by atoms with van der Waals surface area (Å²) in [7, 11) is 0. The molecule has 0 bridgehead atoms. The molecule has 0 radical (unpaired) electrons. The van der Waals surface area contributed by atoms with Crippen LogP contribution in [0.3, 0.4) is 0 Å². The van der Waals surface area contributed by atoms with Gasteiger partial charge in [-0.05, 0) is 41.1 Å². The number of hydrogen-bond donors (Lipinski definition) is 0. The number of pyridine rings is 1. The molecule has 4 aromatic heterocycles. The van der Waals surface area contributed by atoms with Gasteiger partial charge in [0.15, 0.2) is 17.5 Å². The largest absolute Gasteiger partial charge is 0.438 e. The van der Waals surface area contributed by atoms with Crippen molar-refractivity contribution in [1.29, 1.82) is 0 Å². The summed E-state index contributed by atoms with van der Waals surface area (Å²) in [5.74, 6) is 1.78. The highest BCUT2D eigenvalue weighted by molar-refractivity contribution is 7.25. The minimum Gasteiger partial charge on any atom is -0.438 e. The maximum absolute atomic E-state index is 6.62. The van der Waals surface area contributed by atoms with Gasteiger partial charge in [0.1, 0.15) is 5.58 Å². The van der Waals surface area contributed by atoms with Gasteiger partial charge in [0.25, 0.3) is 0 Å². The predicted octanol–water partition coefficient (Wildman–Crippen LogP) is 11.4. The molecular weight excluding hydrogens is 609 g/mol. The Balaban J connectivity index is 1.32. The number of aromatic nitrogens is 4. The zero-order valence-corrected chi connectivity index (χ0v) is 26.3. The van der Waals surface area contributed by atoms with E-state index in [4.69, 9.17) is 24.4 Å². The Kier molecular flexibility index (Phi) is 5.98. The summed E-state index contributed by atoms with van der Waals surface area (Å²) in [5, 5.41) is 6.49. The van der Waals surface area contributed by atoms with Crippen LogP contribution >= 0.6 is 11.3 Å². The van der Waals surface area contributed by atoms with Gasteiger partial charge in [0.2, 0.25) is 5.71 Å². The van der Waals surface area contributed by atoms with Crippen LogP contribution in [0.1, 0.15) is 0 Å². The molecule has 0 fully saturated rings. The number of thiophene rings is 1. The van der Waals surface area contributed by atoms with Crippen molar-refractivity contribution in [1.82, 2.24) is 19.9 Å². The molecule has 10 aromatic rings. The smallest absolute Gasteiger partial charge is 0.228 e. The quantitative estimate of drug-likeness (QED) is 0.193. The van der Waals surface area contributed by atoms with E-state index in [0.717, 1.165) is 55.1 Å². The van der Waals surface area contributed by atoms with Crippen LogP contribution in [-0.4, -0.2) is 19.9 Å². The van der Waals surface area contributed by atoms with Crippen molar-refractivity contribution in [3.8, 4) is 45.4 Å². The number of nitrogens with zero attached hydrogens (tertiary/aromatic N) is 4. The summed E-state index contributed by atoms with van der Waals surface area (Å²) in [4.78, 5) is 20.5. The molecule has 5 nitrogen and oxygen atoms in total. The number of benzene rings is 6. The molecule has 6 heteroatoms. The van der Waals surface area contributed by atoms with Crippen LogP contribution in [0.4, 0.5) is 0 Å². The van der Waals surface area contributed by atoms with E-state index >= 15 is 0 Å². The average molecular weight is 633 g/mol. The fourth-order valence-electron chi connectivity index (χ4n) is 6.69. The second-order valence-electron chi connectivity index (χ2n) is 11.8. The van der Waals surface area contributed by atoms with Gasteiger partial charge >= 0.3 is 0 Å². The topological polar surface area (TPSA) is 64.7 Å². The van der Waals surface area contributed by atoms with E-state index in [1.807, 2.05) is 66.7 Å². The average Bonchev–Trinajstić information content (AvgIpc) is 3.72. The van der Waals surface area contributed by atoms with E-state index in [2.05, 4.69) is 78.9 Å². The van der Waals surface area contributed by atoms with Gasteiger partial charge in [-0.25, -0.2) is 19.9 Å². The molecule has 0 saturated heterocycles. The Hall–Kier alpha value is -6.24. The number of rotatable bonds is 4. The van der Waals surface area contributed by atoms with Crippen LogP contribution < -0.4 is 0 Å². The molecule has 0 amide bonds. The van der Waals surface area contributed by atoms with Crippen LogP contribution in [0.2, 0.25) is 0 Å². The first-order valence-electron chi connectivity index (χ1n) is 15.8. The molecular formula is C42H24N4OS. The zero-order valence-electron chi connectivity index (χ0n) is 25.5. The Morgan fingerprint density at radius 2 is 1.06 bits per heavy atom. The van der Waals surface area contributed by atoms with Gasteiger partial charge in [-0.2, -0.15) is 0 Å². The lowest BCUT2D eigenvalue weighted by atomic mass is 9.99. The van der Waals surface area contributed by atoms with Crippen molar-refractivity contribution in [2.75, 3.05) is 0 Å². The summed E-state index contributed by atoms with van der Waals surface area (Å²) in [6, 6.07) is 49.9. The van der Waals surface area contributed by atoms with E-state index in [-0.39, 0.29) is 0 Å². The molecule has 0 aliphatic heterocycles. The van der Waals surface area contributed by atoms with Crippen molar-refractivity contribution < 1.29 is 4.42 Å². The Morgan fingerprint density at radius 3 is 1.81 bits per heavy atom. The fraction of sp³-hybridized carbons (Fsp3) is 0. The molecule has 6 aromatic carbocycles. The Morgan fingerprint density at radius 1 is 0.438 bits per heavy atom. The highest BCUT2D eigenvalue weighted by atomic mass is 32.1. The van der Waals surface area contributed by atoms with Crippen molar-refractivity contribution >= 4 is 64.4 Å². The van der Waals surface area contributed by atoms with E-state index in [0.29, 0.717) is 23.2 Å². The molecule has 48 heavy (non-hydrogen) atoms. The fourth-order valence-corrected chi connectivity index (χ4v) is 7.82. The monoisotopic (exact) mass is 632 g/mol. The van der Waals surface area contributed by atoms with Gasteiger partial charge in [0.05, 0.1) is 11.1 Å². The summed E-state index contributed by atoms with van der Waals surface area (Å²) in [6.07, 6.45) is 0. The molecule has 0 atom stereocenters. The SMILES string of the molecule is c1ccc(-c2nc(-c3ccccc3)nc(-c3cc(-c4cccc5sc6ccccc6c45)nc4oc5cc6ccccc6cc5c34)n2)cc1. The van der Waals surface area contributed by atoms with Gasteiger partial charge in [-0.1, -0.05) is 115 Å². The third kappa shape index (κ3) is 4.31. The van der Waals surface area contributed by atoms with E-state index in [1.165, 1.54) is 20.2 Å². The first-order valence-corrected chi connectivity index (χ1v) is 16.6. The Labute approximate surface area is 278 Å². The third-order valence-corrected chi connectivity index (χ3v) is 10.1. The molecule has 0 N–H and O–H groups in total. The normalized spacial score (nSPS) is 11.8.